The Labute approximate surface area is 127 Å². The third-order valence-corrected chi connectivity index (χ3v) is 5.65. The van der Waals surface area contributed by atoms with Gasteiger partial charge in [0, 0.05) is 23.1 Å². The summed E-state index contributed by atoms with van der Waals surface area (Å²) in [6.45, 7) is 1.65. The molecule has 1 aliphatic rings. The molecule has 1 aromatic carbocycles. The molecular weight excluding hydrogens is 344 g/mol. The van der Waals surface area contributed by atoms with Crippen molar-refractivity contribution in [3.63, 3.8) is 0 Å². The van der Waals surface area contributed by atoms with Crippen LogP contribution in [0.25, 0.3) is 0 Å². The van der Waals surface area contributed by atoms with Gasteiger partial charge in [-0.3, -0.25) is 4.79 Å². The molecule has 2 N–H and O–H groups in total. The lowest BCUT2D eigenvalue weighted by Gasteiger charge is -2.34. The first-order chi connectivity index (χ1) is 9.21. The minimum atomic E-state index is -3.85. The van der Waals surface area contributed by atoms with Crippen LogP contribution in [0.5, 0.6) is 0 Å². The number of nitrogens with two attached hydrogens (primary N) is 1. The molecular formula is C13H17BrN2O3S. The smallest absolute Gasteiger partial charge is 0.253 e. The largest absolute Gasteiger partial charge is 0.339 e. The Morgan fingerprint density at radius 1 is 1.40 bits per heavy atom. The molecule has 0 atom stereocenters. The van der Waals surface area contributed by atoms with Gasteiger partial charge in [0.1, 0.15) is 0 Å². The average Bonchev–Trinajstić information content (AvgIpc) is 2.27. The van der Waals surface area contributed by atoms with Gasteiger partial charge in [0.25, 0.3) is 5.91 Å². The minimum Gasteiger partial charge on any atom is -0.339 e. The molecule has 2 rings (SSSR count). The molecule has 1 aliphatic carbocycles. The second-order valence-corrected chi connectivity index (χ2v) is 7.51. The van der Waals surface area contributed by atoms with Crippen LogP contribution in [0.1, 0.15) is 35.2 Å². The fourth-order valence-corrected chi connectivity index (χ4v) is 3.64. The van der Waals surface area contributed by atoms with E-state index in [1.807, 2.05) is 0 Å². The topological polar surface area (TPSA) is 80.5 Å². The number of carbonyl (C=O) groups is 1. The maximum absolute atomic E-state index is 12.4. The van der Waals surface area contributed by atoms with E-state index in [1.165, 1.54) is 6.07 Å². The third-order valence-electron chi connectivity index (χ3n) is 3.79. The molecule has 5 nitrogen and oxygen atoms in total. The standard InChI is InChI=1S/C13H17BrN2O3S/c1-8-11(14)6-9(7-12(8)20(15,18)19)13(17)16(2)10-4-3-5-10/h6-7,10H,3-5H2,1-2H3,(H2,15,18,19). The molecule has 1 aromatic rings. The highest BCUT2D eigenvalue weighted by Gasteiger charge is 2.27. The summed E-state index contributed by atoms with van der Waals surface area (Å²) in [4.78, 5) is 14.0. The first kappa shape index (κ1) is 15.5. The van der Waals surface area contributed by atoms with Crippen molar-refractivity contribution in [2.24, 2.45) is 5.14 Å². The molecule has 1 amide bonds. The van der Waals surface area contributed by atoms with Gasteiger partial charge in [0.15, 0.2) is 0 Å². The van der Waals surface area contributed by atoms with Crippen molar-refractivity contribution in [3.05, 3.63) is 27.7 Å². The van der Waals surface area contributed by atoms with E-state index in [2.05, 4.69) is 15.9 Å². The number of nitrogens with zero attached hydrogens (tertiary/aromatic N) is 1. The Morgan fingerprint density at radius 2 is 2.00 bits per heavy atom. The van der Waals surface area contributed by atoms with Gasteiger partial charge in [0.2, 0.25) is 10.0 Å². The van der Waals surface area contributed by atoms with Crippen molar-refractivity contribution < 1.29 is 13.2 Å². The fraction of sp³-hybridized carbons (Fsp3) is 0.462. The Balaban J connectivity index is 2.42. The number of halogens is 1. The van der Waals surface area contributed by atoms with Crippen molar-refractivity contribution >= 4 is 31.9 Å². The molecule has 0 unspecified atom stereocenters. The predicted octanol–water partition coefficient (Wildman–Crippen LogP) is 2.03. The molecule has 1 saturated carbocycles. The Hall–Kier alpha value is -0.920. The van der Waals surface area contributed by atoms with Gasteiger partial charge in [0.05, 0.1) is 4.90 Å². The first-order valence-corrected chi connectivity index (χ1v) is 8.66. The fourth-order valence-electron chi connectivity index (χ4n) is 2.22. The highest BCUT2D eigenvalue weighted by molar-refractivity contribution is 9.10. The summed E-state index contributed by atoms with van der Waals surface area (Å²) in [5.41, 5.74) is 0.844. The van der Waals surface area contributed by atoms with Gasteiger partial charge < -0.3 is 4.90 Å². The van der Waals surface area contributed by atoms with E-state index in [1.54, 1.807) is 24.9 Å². The van der Waals surface area contributed by atoms with Crippen LogP contribution in [0, 0.1) is 6.92 Å². The second kappa shape index (κ2) is 5.46. The van der Waals surface area contributed by atoms with Crippen LogP contribution in [0.3, 0.4) is 0 Å². The van der Waals surface area contributed by atoms with Crippen LogP contribution in [0.15, 0.2) is 21.5 Å². The highest BCUT2D eigenvalue weighted by Crippen LogP contribution is 2.28. The summed E-state index contributed by atoms with van der Waals surface area (Å²) in [7, 11) is -2.10. The molecule has 0 spiro atoms. The Kier molecular flexibility index (Phi) is 4.22. The molecule has 0 radical (unpaired) electrons. The summed E-state index contributed by atoms with van der Waals surface area (Å²) in [5, 5.41) is 5.20. The number of primary sulfonamides is 1. The zero-order valence-corrected chi connectivity index (χ0v) is 13.8. The van der Waals surface area contributed by atoms with E-state index in [0.29, 0.717) is 15.6 Å². The van der Waals surface area contributed by atoms with Crippen LogP contribution in [-0.2, 0) is 10.0 Å². The van der Waals surface area contributed by atoms with E-state index >= 15 is 0 Å². The second-order valence-electron chi connectivity index (χ2n) is 5.13. The van der Waals surface area contributed by atoms with Crippen molar-refractivity contribution in [2.45, 2.75) is 37.1 Å². The van der Waals surface area contributed by atoms with E-state index in [4.69, 9.17) is 5.14 Å². The summed E-state index contributed by atoms with van der Waals surface area (Å²) in [6.07, 6.45) is 3.12. The van der Waals surface area contributed by atoms with E-state index in [9.17, 15) is 13.2 Å². The van der Waals surface area contributed by atoms with E-state index in [0.717, 1.165) is 19.3 Å². The molecule has 0 saturated heterocycles. The van der Waals surface area contributed by atoms with Crippen molar-refractivity contribution in [1.82, 2.24) is 4.90 Å². The quantitative estimate of drug-likeness (QED) is 0.895. The van der Waals surface area contributed by atoms with Gasteiger partial charge in [-0.1, -0.05) is 15.9 Å². The normalized spacial score (nSPS) is 15.8. The molecule has 0 bridgehead atoms. The summed E-state index contributed by atoms with van der Waals surface area (Å²) in [6, 6.07) is 3.24. The molecule has 0 aliphatic heterocycles. The highest BCUT2D eigenvalue weighted by atomic mass is 79.9. The van der Waals surface area contributed by atoms with Crippen molar-refractivity contribution in [3.8, 4) is 0 Å². The SMILES string of the molecule is Cc1c(Br)cc(C(=O)N(C)C2CCC2)cc1S(N)(=O)=O. The predicted molar refractivity (Wildman–Crippen MR) is 80.0 cm³/mol. The van der Waals surface area contributed by atoms with Crippen LogP contribution >= 0.6 is 15.9 Å². The lowest BCUT2D eigenvalue weighted by molar-refractivity contribution is 0.0651. The lowest BCUT2D eigenvalue weighted by atomic mass is 9.91. The van der Waals surface area contributed by atoms with Gasteiger partial charge >= 0.3 is 0 Å². The van der Waals surface area contributed by atoms with Crippen molar-refractivity contribution in [1.29, 1.82) is 0 Å². The molecule has 7 heteroatoms. The zero-order chi connectivity index (χ0) is 15.1. The number of carbonyl (C=O) groups excluding carboxylic acids is 1. The van der Waals surface area contributed by atoms with Crippen molar-refractivity contribution in [2.75, 3.05) is 7.05 Å². The monoisotopic (exact) mass is 360 g/mol. The van der Waals surface area contributed by atoms with Crippen LogP contribution < -0.4 is 5.14 Å². The number of amides is 1. The van der Waals surface area contributed by atoms with Gasteiger partial charge in [-0.2, -0.15) is 0 Å². The molecule has 110 valence electrons. The van der Waals surface area contributed by atoms with E-state index < -0.39 is 10.0 Å². The molecule has 1 fully saturated rings. The Bertz CT molecular complexity index is 654. The zero-order valence-electron chi connectivity index (χ0n) is 11.4. The maximum Gasteiger partial charge on any atom is 0.253 e. The molecule has 0 aromatic heterocycles. The molecule has 20 heavy (non-hydrogen) atoms. The van der Waals surface area contributed by atoms with Crippen LogP contribution in [0.2, 0.25) is 0 Å². The summed E-state index contributed by atoms with van der Waals surface area (Å²) >= 11 is 3.28. The number of hydrogen-bond donors (Lipinski definition) is 1. The van der Waals surface area contributed by atoms with Gasteiger partial charge in [-0.15, -0.1) is 0 Å². The average molecular weight is 361 g/mol. The summed E-state index contributed by atoms with van der Waals surface area (Å²) < 4.78 is 23.7. The first-order valence-electron chi connectivity index (χ1n) is 6.32. The lowest BCUT2D eigenvalue weighted by Crippen LogP contribution is -2.41. The number of sulfonamides is 1. The maximum atomic E-state index is 12.4. The van der Waals surface area contributed by atoms with Gasteiger partial charge in [-0.05, 0) is 43.9 Å². The Morgan fingerprint density at radius 3 is 2.45 bits per heavy atom. The third kappa shape index (κ3) is 2.89. The minimum absolute atomic E-state index is 0.0164. The van der Waals surface area contributed by atoms with E-state index in [-0.39, 0.29) is 16.8 Å². The number of benzene rings is 1. The number of hydrogen-bond acceptors (Lipinski definition) is 3. The van der Waals surface area contributed by atoms with Crippen LogP contribution in [0.4, 0.5) is 0 Å². The van der Waals surface area contributed by atoms with Crippen LogP contribution in [-0.4, -0.2) is 32.3 Å². The molecule has 0 heterocycles. The summed E-state index contributed by atoms with van der Waals surface area (Å²) in [5.74, 6) is -0.180. The van der Waals surface area contributed by atoms with Gasteiger partial charge in [-0.25, -0.2) is 13.6 Å². The number of rotatable bonds is 3.